The maximum atomic E-state index is 12.8. The van der Waals surface area contributed by atoms with Crippen molar-refractivity contribution in [2.75, 3.05) is 31.5 Å². The third kappa shape index (κ3) is 4.90. The fraction of sp³-hybridized carbons (Fsp3) is 0.360. The van der Waals surface area contributed by atoms with Crippen LogP contribution < -0.4 is 22.3 Å². The van der Waals surface area contributed by atoms with E-state index in [0.717, 1.165) is 60.2 Å². The van der Waals surface area contributed by atoms with Crippen LogP contribution in [-0.4, -0.2) is 47.3 Å². The lowest BCUT2D eigenvalue weighted by atomic mass is 9.80. The second kappa shape index (κ2) is 9.73. The monoisotopic (exact) mass is 513 g/mol. The summed E-state index contributed by atoms with van der Waals surface area (Å²) in [6.45, 7) is 4.44. The molecule has 1 amide bonds. The van der Waals surface area contributed by atoms with Crippen molar-refractivity contribution < 1.29 is 31.0 Å². The van der Waals surface area contributed by atoms with Crippen molar-refractivity contribution in [1.82, 2.24) is 4.98 Å². The number of rotatable bonds is 6. The van der Waals surface area contributed by atoms with Gasteiger partial charge in [-0.3, -0.25) is 5.32 Å². The lowest BCUT2D eigenvalue weighted by Crippen LogP contribution is -3.00. The van der Waals surface area contributed by atoms with Crippen LogP contribution in [0.5, 0.6) is 0 Å². The van der Waals surface area contributed by atoms with E-state index in [0.29, 0.717) is 5.82 Å². The number of hydrogen-bond donors (Lipinski definition) is 1. The van der Waals surface area contributed by atoms with E-state index in [1.54, 1.807) is 5.51 Å². The van der Waals surface area contributed by atoms with E-state index in [2.05, 4.69) is 40.6 Å². The van der Waals surface area contributed by atoms with Crippen LogP contribution in [0.15, 0.2) is 66.2 Å². The number of amides is 1. The van der Waals surface area contributed by atoms with Gasteiger partial charge in [0.2, 0.25) is 0 Å². The van der Waals surface area contributed by atoms with E-state index in [9.17, 15) is 4.79 Å². The van der Waals surface area contributed by atoms with Gasteiger partial charge >= 0.3 is 6.09 Å². The molecule has 0 saturated carbocycles. The summed E-state index contributed by atoms with van der Waals surface area (Å²) in [6.07, 6.45) is 3.56. The highest BCUT2D eigenvalue weighted by molar-refractivity contribution is 7.13. The topological polar surface area (TPSA) is 51.2 Å². The van der Waals surface area contributed by atoms with Gasteiger partial charge in [-0.25, -0.2) is 9.78 Å². The fourth-order valence-corrected chi connectivity index (χ4v) is 5.73. The van der Waals surface area contributed by atoms with E-state index in [1.165, 1.54) is 23.4 Å². The molecule has 2 bridgehead atoms. The predicted octanol–water partition coefficient (Wildman–Crippen LogP) is 2.36. The number of piperidine rings is 3. The van der Waals surface area contributed by atoms with Crippen molar-refractivity contribution >= 4 is 23.2 Å². The second-order valence-electron chi connectivity index (χ2n) is 8.82. The summed E-state index contributed by atoms with van der Waals surface area (Å²) in [6, 6.07) is 20.7. The molecular weight excluding hydrogens is 486 g/mol. The first-order valence-corrected chi connectivity index (χ1v) is 11.9. The standard InChI is InChI=1S/C25H27N3O2S.BrH/c29-24(27-23-22(31-19-26-23)21-9-5-2-6-10-21)30-25-12-16-28(17-13-25,18-14-25)15-11-20-7-3-1-4-8-20;/h1-10,19H,11-18H2;1H. The normalized spacial score (nSPS) is 23.9. The summed E-state index contributed by atoms with van der Waals surface area (Å²) in [5.74, 6) is 0.581. The van der Waals surface area contributed by atoms with E-state index < -0.39 is 0 Å². The summed E-state index contributed by atoms with van der Waals surface area (Å²) in [5, 5.41) is 2.90. The number of benzene rings is 2. The van der Waals surface area contributed by atoms with Gasteiger partial charge in [-0.1, -0.05) is 60.7 Å². The number of anilines is 1. The highest BCUT2D eigenvalue weighted by Gasteiger charge is 2.51. The maximum Gasteiger partial charge on any atom is 0.413 e. The second-order valence-corrected chi connectivity index (χ2v) is 9.67. The van der Waals surface area contributed by atoms with E-state index in [4.69, 9.17) is 4.74 Å². The van der Waals surface area contributed by atoms with Crippen molar-refractivity contribution in [3.63, 3.8) is 0 Å². The van der Waals surface area contributed by atoms with E-state index >= 15 is 0 Å². The van der Waals surface area contributed by atoms with Gasteiger partial charge in [-0.2, -0.15) is 0 Å². The molecule has 4 heterocycles. The first-order chi connectivity index (χ1) is 15.2. The fourth-order valence-electron chi connectivity index (χ4n) is 4.98. The minimum Gasteiger partial charge on any atom is -1.00 e. The molecule has 6 rings (SSSR count). The number of nitrogens with one attached hydrogen (secondary N) is 1. The Bertz CT molecular complexity index is 1020. The molecule has 5 nitrogen and oxygen atoms in total. The van der Waals surface area contributed by atoms with Gasteiger partial charge in [-0.15, -0.1) is 11.3 Å². The Balaban J connectivity index is 0.00000245. The third-order valence-corrected chi connectivity index (χ3v) is 7.85. The molecule has 1 aromatic heterocycles. The van der Waals surface area contributed by atoms with Crippen molar-refractivity contribution in [2.24, 2.45) is 0 Å². The van der Waals surface area contributed by atoms with Crippen LogP contribution in [0.2, 0.25) is 0 Å². The SMILES string of the molecule is O=C(Nc1ncsc1-c1ccccc1)OC12CC[N+](CCc3ccccc3)(CC1)CC2.[Br-]. The Hall–Kier alpha value is -2.22. The molecule has 0 spiro atoms. The van der Waals surface area contributed by atoms with Gasteiger partial charge in [0.1, 0.15) is 5.60 Å². The number of carbonyl (C=O) groups excluding carboxylic acids is 1. The lowest BCUT2D eigenvalue weighted by molar-refractivity contribution is -0.944. The minimum absolute atomic E-state index is 0. The molecule has 0 radical (unpaired) electrons. The number of thiazole rings is 1. The predicted molar refractivity (Wildman–Crippen MR) is 124 cm³/mol. The molecule has 3 saturated heterocycles. The number of fused-ring (bicyclic) bond motifs is 3. The van der Waals surface area contributed by atoms with Crippen LogP contribution >= 0.6 is 11.3 Å². The highest BCUT2D eigenvalue weighted by Crippen LogP contribution is 2.40. The van der Waals surface area contributed by atoms with Gasteiger partial charge < -0.3 is 26.2 Å². The third-order valence-electron chi connectivity index (χ3n) is 6.98. The Labute approximate surface area is 203 Å². The molecule has 3 fully saturated rings. The number of hydrogen-bond acceptors (Lipinski definition) is 4. The number of ether oxygens (including phenoxy) is 1. The number of nitrogens with zero attached hydrogens (tertiary/aromatic N) is 2. The molecule has 0 atom stereocenters. The largest absolute Gasteiger partial charge is 1.00 e. The average molecular weight is 514 g/mol. The van der Waals surface area contributed by atoms with Crippen molar-refractivity contribution in [3.05, 3.63) is 71.7 Å². The lowest BCUT2D eigenvalue weighted by Gasteiger charge is -2.54. The molecule has 0 aliphatic carbocycles. The molecule has 32 heavy (non-hydrogen) atoms. The van der Waals surface area contributed by atoms with E-state index in [1.807, 2.05) is 30.3 Å². The Morgan fingerprint density at radius 2 is 1.62 bits per heavy atom. The summed E-state index contributed by atoms with van der Waals surface area (Å²) in [4.78, 5) is 18.1. The average Bonchev–Trinajstić information content (AvgIpc) is 3.28. The van der Waals surface area contributed by atoms with Crippen LogP contribution in [0.1, 0.15) is 24.8 Å². The van der Waals surface area contributed by atoms with Crippen LogP contribution in [-0.2, 0) is 11.2 Å². The minimum atomic E-state index is -0.380. The summed E-state index contributed by atoms with van der Waals surface area (Å²) < 4.78 is 7.20. The number of carbonyl (C=O) groups is 1. The van der Waals surface area contributed by atoms with Crippen LogP contribution in [0.25, 0.3) is 10.4 Å². The molecule has 7 heteroatoms. The van der Waals surface area contributed by atoms with Gasteiger partial charge in [0.25, 0.3) is 0 Å². The van der Waals surface area contributed by atoms with Crippen molar-refractivity contribution in [2.45, 2.75) is 31.3 Å². The molecule has 168 valence electrons. The molecule has 3 aliphatic rings. The molecule has 0 unspecified atom stereocenters. The van der Waals surface area contributed by atoms with Crippen molar-refractivity contribution in [1.29, 1.82) is 0 Å². The van der Waals surface area contributed by atoms with Gasteiger partial charge in [0.05, 0.1) is 36.6 Å². The number of quaternary nitrogens is 1. The maximum absolute atomic E-state index is 12.8. The summed E-state index contributed by atoms with van der Waals surface area (Å²) in [7, 11) is 0. The van der Waals surface area contributed by atoms with Crippen LogP contribution in [0, 0.1) is 0 Å². The first-order valence-electron chi connectivity index (χ1n) is 11.0. The summed E-state index contributed by atoms with van der Waals surface area (Å²) >= 11 is 1.52. The van der Waals surface area contributed by atoms with Gasteiger partial charge in [-0.05, 0) is 11.1 Å². The van der Waals surface area contributed by atoms with Gasteiger partial charge in [0, 0.05) is 25.7 Å². The number of halogens is 1. The Morgan fingerprint density at radius 3 is 2.28 bits per heavy atom. The number of aromatic nitrogens is 1. The molecule has 2 aromatic carbocycles. The zero-order valence-corrected chi connectivity index (χ0v) is 20.4. The Kier molecular flexibility index (Phi) is 6.98. The summed E-state index contributed by atoms with van der Waals surface area (Å²) in [5.41, 5.74) is 3.90. The molecule has 3 aliphatic heterocycles. The molecule has 3 aromatic rings. The highest BCUT2D eigenvalue weighted by atomic mass is 79.9. The van der Waals surface area contributed by atoms with E-state index in [-0.39, 0.29) is 28.7 Å². The zero-order valence-electron chi connectivity index (χ0n) is 18.0. The first kappa shape index (κ1) is 23.0. The zero-order chi connectivity index (χ0) is 21.2. The quantitative estimate of drug-likeness (QED) is 0.514. The molecular formula is C25H28BrN3O2S. The Morgan fingerprint density at radius 1 is 1.00 bits per heavy atom. The smallest absolute Gasteiger partial charge is 0.413 e. The molecule has 1 N–H and O–H groups in total. The van der Waals surface area contributed by atoms with Crippen LogP contribution in [0.4, 0.5) is 10.6 Å². The van der Waals surface area contributed by atoms with Crippen molar-refractivity contribution in [3.8, 4) is 10.4 Å². The van der Waals surface area contributed by atoms with Gasteiger partial charge in [0.15, 0.2) is 5.82 Å². The van der Waals surface area contributed by atoms with Crippen LogP contribution in [0.3, 0.4) is 0 Å².